The van der Waals surface area contributed by atoms with E-state index < -0.39 is 5.60 Å². The van der Waals surface area contributed by atoms with E-state index in [2.05, 4.69) is 12.1 Å². The molecule has 0 saturated carbocycles. The van der Waals surface area contributed by atoms with Gasteiger partial charge in [0.1, 0.15) is 5.60 Å². The van der Waals surface area contributed by atoms with E-state index in [-0.39, 0.29) is 4.58 Å². The molecule has 0 aliphatic carbocycles. The van der Waals surface area contributed by atoms with E-state index in [0.717, 1.165) is 22.6 Å². The van der Waals surface area contributed by atoms with Crippen molar-refractivity contribution in [2.75, 3.05) is 11.5 Å². The maximum Gasteiger partial charge on any atom is 0.129 e. The van der Waals surface area contributed by atoms with Crippen LogP contribution < -0.4 is 0 Å². The van der Waals surface area contributed by atoms with Crippen LogP contribution in [0.4, 0.5) is 0 Å². The summed E-state index contributed by atoms with van der Waals surface area (Å²) in [6.07, 6.45) is 5.22. The Morgan fingerprint density at radius 1 is 0.909 bits per heavy atom. The van der Waals surface area contributed by atoms with Crippen LogP contribution in [0.3, 0.4) is 0 Å². The molecule has 0 amide bonds. The van der Waals surface area contributed by atoms with Gasteiger partial charge >= 0.3 is 0 Å². The number of hydrogen-bond donors (Lipinski definition) is 1. The highest BCUT2D eigenvalue weighted by Crippen LogP contribution is 2.44. The molecule has 1 heterocycles. The highest BCUT2D eigenvalue weighted by molar-refractivity contribution is 8.17. The Morgan fingerprint density at radius 2 is 1.50 bits per heavy atom. The smallest absolute Gasteiger partial charge is 0.129 e. The van der Waals surface area contributed by atoms with Crippen LogP contribution in [0.25, 0.3) is 6.08 Å². The summed E-state index contributed by atoms with van der Waals surface area (Å²) in [4.78, 5) is 0. The summed E-state index contributed by atoms with van der Waals surface area (Å²) in [5.41, 5.74) is 1.14. The predicted molar refractivity (Wildman–Crippen MR) is 99.1 cm³/mol. The summed E-state index contributed by atoms with van der Waals surface area (Å²) < 4.78 is 0.142. The first-order valence-corrected chi connectivity index (χ1v) is 9.64. The molecule has 1 unspecified atom stereocenters. The van der Waals surface area contributed by atoms with Gasteiger partial charge < -0.3 is 5.11 Å². The Kier molecular flexibility index (Phi) is 5.29. The molecule has 0 radical (unpaired) electrons. The second-order valence-electron chi connectivity index (χ2n) is 5.36. The maximum atomic E-state index is 11.4. The number of aliphatic hydroxyl groups is 1. The van der Waals surface area contributed by atoms with Crippen LogP contribution in [0, 0.1) is 0 Å². The number of hydrogen-bond acceptors (Lipinski definition) is 3. The fraction of sp³-hybridized carbons (Fsp3) is 0.263. The van der Waals surface area contributed by atoms with E-state index >= 15 is 0 Å². The molecule has 0 bridgehead atoms. The SMILES string of the molecule is OC(/C=C/c1ccccc1)(c1ccccc1)C1SCCCS1. The van der Waals surface area contributed by atoms with E-state index in [1.807, 2.05) is 84.2 Å². The van der Waals surface area contributed by atoms with Crippen molar-refractivity contribution in [2.24, 2.45) is 0 Å². The summed E-state index contributed by atoms with van der Waals surface area (Å²) in [6, 6.07) is 20.2. The molecule has 0 aromatic heterocycles. The van der Waals surface area contributed by atoms with Crippen LogP contribution in [0.15, 0.2) is 66.7 Å². The molecule has 22 heavy (non-hydrogen) atoms. The highest BCUT2D eigenvalue weighted by atomic mass is 32.2. The van der Waals surface area contributed by atoms with E-state index in [9.17, 15) is 5.11 Å². The largest absolute Gasteiger partial charge is 0.379 e. The van der Waals surface area contributed by atoms with E-state index in [4.69, 9.17) is 0 Å². The molecular weight excluding hydrogens is 308 g/mol. The minimum atomic E-state index is -0.938. The average Bonchev–Trinajstić information content (AvgIpc) is 2.62. The van der Waals surface area contributed by atoms with Gasteiger partial charge in [-0.15, -0.1) is 23.5 Å². The average molecular weight is 329 g/mol. The molecule has 2 aromatic carbocycles. The lowest BCUT2D eigenvalue weighted by atomic mass is 9.94. The van der Waals surface area contributed by atoms with Gasteiger partial charge in [0.2, 0.25) is 0 Å². The van der Waals surface area contributed by atoms with E-state index in [1.165, 1.54) is 6.42 Å². The molecule has 1 aliphatic rings. The molecule has 0 spiro atoms. The lowest BCUT2D eigenvalue weighted by Crippen LogP contribution is -2.35. The zero-order valence-corrected chi connectivity index (χ0v) is 14.0. The standard InChI is InChI=1S/C19H20OS2/c20-19(17-10-5-2-6-11-17,18-21-14-7-15-22-18)13-12-16-8-3-1-4-9-16/h1-6,8-13,18,20H,7,14-15H2/b13-12+. The minimum absolute atomic E-state index is 0.142. The molecule has 2 aromatic rings. The monoisotopic (exact) mass is 328 g/mol. The fourth-order valence-electron chi connectivity index (χ4n) is 2.55. The van der Waals surface area contributed by atoms with Crippen molar-refractivity contribution < 1.29 is 5.11 Å². The molecule has 1 nitrogen and oxygen atoms in total. The van der Waals surface area contributed by atoms with Gasteiger partial charge in [-0.05, 0) is 35.1 Å². The van der Waals surface area contributed by atoms with E-state index in [1.54, 1.807) is 0 Å². The third-order valence-corrected chi connectivity index (χ3v) is 6.94. The van der Waals surface area contributed by atoms with Gasteiger partial charge in [0.25, 0.3) is 0 Å². The van der Waals surface area contributed by atoms with Crippen molar-refractivity contribution in [1.82, 2.24) is 0 Å². The zero-order chi connectivity index (χ0) is 15.3. The Morgan fingerprint density at radius 3 is 2.14 bits per heavy atom. The third kappa shape index (κ3) is 3.60. The van der Waals surface area contributed by atoms with Crippen molar-refractivity contribution in [3.8, 4) is 0 Å². The first-order chi connectivity index (χ1) is 10.8. The molecule has 3 heteroatoms. The summed E-state index contributed by atoms with van der Waals surface area (Å²) in [5, 5.41) is 11.4. The maximum absolute atomic E-state index is 11.4. The van der Waals surface area contributed by atoms with Crippen molar-refractivity contribution in [2.45, 2.75) is 16.6 Å². The van der Waals surface area contributed by atoms with Crippen molar-refractivity contribution in [3.05, 3.63) is 77.9 Å². The van der Waals surface area contributed by atoms with Gasteiger partial charge in [-0.3, -0.25) is 0 Å². The molecule has 1 atom stereocenters. The highest BCUT2D eigenvalue weighted by Gasteiger charge is 2.38. The molecule has 1 aliphatic heterocycles. The van der Waals surface area contributed by atoms with Crippen LogP contribution in [-0.2, 0) is 5.60 Å². The lowest BCUT2D eigenvalue weighted by molar-refractivity contribution is 0.109. The zero-order valence-electron chi connectivity index (χ0n) is 12.4. The van der Waals surface area contributed by atoms with Gasteiger partial charge in [-0.1, -0.05) is 66.7 Å². The summed E-state index contributed by atoms with van der Waals surface area (Å²) in [5.74, 6) is 2.23. The fourth-order valence-corrected chi connectivity index (χ4v) is 5.68. The van der Waals surface area contributed by atoms with Crippen LogP contribution >= 0.6 is 23.5 Å². The predicted octanol–water partition coefficient (Wildman–Crippen LogP) is 4.78. The third-order valence-electron chi connectivity index (χ3n) is 3.75. The van der Waals surface area contributed by atoms with Crippen molar-refractivity contribution >= 4 is 29.6 Å². The second-order valence-corrected chi connectivity index (χ2v) is 8.09. The number of thioether (sulfide) groups is 2. The second kappa shape index (κ2) is 7.40. The molecule has 114 valence electrons. The van der Waals surface area contributed by atoms with Crippen LogP contribution in [-0.4, -0.2) is 21.2 Å². The van der Waals surface area contributed by atoms with Crippen molar-refractivity contribution in [3.63, 3.8) is 0 Å². The van der Waals surface area contributed by atoms with Gasteiger partial charge in [0.15, 0.2) is 0 Å². The Bertz CT molecular complexity index is 606. The number of benzene rings is 2. The normalized spacial score (nSPS) is 19.1. The van der Waals surface area contributed by atoms with Crippen LogP contribution in [0.2, 0.25) is 0 Å². The molecule has 1 fully saturated rings. The summed E-state index contributed by atoms with van der Waals surface area (Å²) >= 11 is 3.72. The molecule has 1 saturated heterocycles. The van der Waals surface area contributed by atoms with Gasteiger partial charge in [-0.2, -0.15) is 0 Å². The Labute approximate surface area is 140 Å². The Balaban J connectivity index is 1.94. The van der Waals surface area contributed by atoms with Crippen LogP contribution in [0.1, 0.15) is 17.5 Å². The topological polar surface area (TPSA) is 20.2 Å². The number of rotatable bonds is 4. The Hall–Kier alpha value is -1.16. The van der Waals surface area contributed by atoms with Crippen molar-refractivity contribution in [1.29, 1.82) is 0 Å². The van der Waals surface area contributed by atoms with E-state index in [0.29, 0.717) is 0 Å². The lowest BCUT2D eigenvalue weighted by Gasteiger charge is -2.35. The van der Waals surface area contributed by atoms with Gasteiger partial charge in [0.05, 0.1) is 4.58 Å². The minimum Gasteiger partial charge on any atom is -0.379 e. The molecule has 3 rings (SSSR count). The van der Waals surface area contributed by atoms with Gasteiger partial charge in [0, 0.05) is 0 Å². The summed E-state index contributed by atoms with van der Waals surface area (Å²) in [6.45, 7) is 0. The van der Waals surface area contributed by atoms with Gasteiger partial charge in [-0.25, -0.2) is 0 Å². The molecular formula is C19H20OS2. The summed E-state index contributed by atoms with van der Waals surface area (Å²) in [7, 11) is 0. The first-order valence-electron chi connectivity index (χ1n) is 7.54. The van der Waals surface area contributed by atoms with Crippen LogP contribution in [0.5, 0.6) is 0 Å². The first kappa shape index (κ1) is 15.7. The molecule has 1 N–H and O–H groups in total. The quantitative estimate of drug-likeness (QED) is 0.872.